The summed E-state index contributed by atoms with van der Waals surface area (Å²) in [5.41, 5.74) is 1.12. The first kappa shape index (κ1) is 28.3. The van der Waals surface area contributed by atoms with Crippen LogP contribution >= 0.6 is 0 Å². The molecule has 0 fully saturated rings. The molecule has 10 nitrogen and oxygen atoms in total. The van der Waals surface area contributed by atoms with E-state index in [1.165, 1.54) is 0 Å². The lowest BCUT2D eigenvalue weighted by molar-refractivity contribution is -0.130. The van der Waals surface area contributed by atoms with Crippen molar-refractivity contribution in [3.8, 4) is 11.8 Å². The van der Waals surface area contributed by atoms with Crippen LogP contribution in [0.15, 0.2) is 54.6 Å². The number of para-hydroxylation sites is 1. The van der Waals surface area contributed by atoms with E-state index in [1.807, 2.05) is 24.3 Å². The quantitative estimate of drug-likeness (QED) is 0.245. The van der Waals surface area contributed by atoms with Crippen molar-refractivity contribution in [2.24, 2.45) is 0 Å². The van der Waals surface area contributed by atoms with E-state index < -0.39 is 17.8 Å². The zero-order chi connectivity index (χ0) is 26.4. The van der Waals surface area contributed by atoms with Gasteiger partial charge in [-0.3, -0.25) is 14.4 Å². The molecule has 0 heterocycles. The van der Waals surface area contributed by atoms with Crippen molar-refractivity contribution in [1.29, 1.82) is 5.26 Å². The third-order valence-corrected chi connectivity index (χ3v) is 5.12. The Labute approximate surface area is 211 Å². The van der Waals surface area contributed by atoms with E-state index in [1.54, 1.807) is 50.2 Å². The van der Waals surface area contributed by atoms with Gasteiger partial charge < -0.3 is 31.1 Å². The molecular formula is C26H33N5O5. The van der Waals surface area contributed by atoms with Crippen LogP contribution in [-0.4, -0.2) is 54.4 Å². The number of amides is 3. The summed E-state index contributed by atoms with van der Waals surface area (Å²) >= 11 is 0. The van der Waals surface area contributed by atoms with E-state index in [4.69, 9.17) is 10.00 Å². The number of hydrogen-bond donors (Lipinski definition) is 5. The normalized spacial score (nSPS) is 11.6. The zero-order valence-corrected chi connectivity index (χ0v) is 20.5. The van der Waals surface area contributed by atoms with Crippen LogP contribution in [0, 0.1) is 11.3 Å². The van der Waals surface area contributed by atoms with Gasteiger partial charge in [-0.15, -0.1) is 0 Å². The summed E-state index contributed by atoms with van der Waals surface area (Å²) in [7, 11) is 0. The predicted molar refractivity (Wildman–Crippen MR) is 133 cm³/mol. The van der Waals surface area contributed by atoms with E-state index in [2.05, 4.69) is 21.3 Å². The average Bonchev–Trinajstić information content (AvgIpc) is 2.87. The first-order valence-corrected chi connectivity index (χ1v) is 11.8. The van der Waals surface area contributed by atoms with Crippen molar-refractivity contribution in [3.05, 3.63) is 65.7 Å². The van der Waals surface area contributed by atoms with Gasteiger partial charge in [0.25, 0.3) is 0 Å². The highest BCUT2D eigenvalue weighted by Crippen LogP contribution is 2.16. The summed E-state index contributed by atoms with van der Waals surface area (Å²) in [6.45, 7) is 3.13. The zero-order valence-electron chi connectivity index (χ0n) is 20.5. The van der Waals surface area contributed by atoms with Gasteiger partial charge in [0.15, 0.2) is 0 Å². The van der Waals surface area contributed by atoms with E-state index in [9.17, 15) is 19.5 Å². The smallest absolute Gasteiger partial charge is 0.227 e. The predicted octanol–water partition coefficient (Wildman–Crippen LogP) is 0.953. The van der Waals surface area contributed by atoms with Gasteiger partial charge in [-0.1, -0.05) is 56.3 Å². The molecule has 0 spiro atoms. The van der Waals surface area contributed by atoms with Crippen LogP contribution < -0.4 is 26.0 Å². The third kappa shape index (κ3) is 9.37. The molecule has 0 radical (unpaired) electrons. The van der Waals surface area contributed by atoms with Crippen molar-refractivity contribution in [3.63, 3.8) is 0 Å². The molecule has 0 aliphatic rings. The second-order valence-electron chi connectivity index (χ2n) is 8.12. The highest BCUT2D eigenvalue weighted by atomic mass is 16.5. The number of rotatable bonds is 14. The Morgan fingerprint density at radius 2 is 1.53 bits per heavy atom. The SMILES string of the molecule is CCC(=O)NC(CNCC(O)COc1ccccc1C#N)(NC(=O)CC)NC(=O)Cc1ccccc1. The number of nitriles is 1. The molecule has 2 aromatic rings. The minimum absolute atomic E-state index is 0.0228. The van der Waals surface area contributed by atoms with Gasteiger partial charge >= 0.3 is 0 Å². The topological polar surface area (TPSA) is 153 Å². The van der Waals surface area contributed by atoms with Crippen molar-refractivity contribution in [2.75, 3.05) is 19.7 Å². The second-order valence-corrected chi connectivity index (χ2v) is 8.12. The molecule has 192 valence electrons. The van der Waals surface area contributed by atoms with Crippen molar-refractivity contribution in [2.45, 2.75) is 45.0 Å². The van der Waals surface area contributed by atoms with Crippen LogP contribution in [0.4, 0.5) is 0 Å². The van der Waals surface area contributed by atoms with E-state index in [-0.39, 0.29) is 50.8 Å². The lowest BCUT2D eigenvalue weighted by Gasteiger charge is -2.36. The summed E-state index contributed by atoms with van der Waals surface area (Å²) in [6, 6.07) is 17.8. The minimum atomic E-state index is -1.61. The fraction of sp³-hybridized carbons (Fsp3) is 0.385. The van der Waals surface area contributed by atoms with Gasteiger partial charge in [0.2, 0.25) is 23.5 Å². The van der Waals surface area contributed by atoms with Crippen LogP contribution in [0.3, 0.4) is 0 Å². The summed E-state index contributed by atoms with van der Waals surface area (Å²) in [4.78, 5) is 37.5. The third-order valence-electron chi connectivity index (χ3n) is 5.12. The van der Waals surface area contributed by atoms with Gasteiger partial charge in [0.1, 0.15) is 24.5 Å². The summed E-state index contributed by atoms with van der Waals surface area (Å²) in [6.07, 6.45) is -0.667. The van der Waals surface area contributed by atoms with E-state index >= 15 is 0 Å². The van der Waals surface area contributed by atoms with Crippen molar-refractivity contribution in [1.82, 2.24) is 21.3 Å². The molecule has 0 saturated carbocycles. The number of carbonyl (C=O) groups excluding carboxylic acids is 3. The molecule has 3 amide bonds. The number of carbonyl (C=O) groups is 3. The number of nitrogens with one attached hydrogen (secondary N) is 4. The van der Waals surface area contributed by atoms with Crippen LogP contribution in [0.2, 0.25) is 0 Å². The van der Waals surface area contributed by atoms with Crippen molar-refractivity contribution < 1.29 is 24.2 Å². The monoisotopic (exact) mass is 495 g/mol. The Kier molecular flexibility index (Phi) is 11.4. The van der Waals surface area contributed by atoms with Gasteiger partial charge in [-0.2, -0.15) is 5.26 Å². The summed E-state index contributed by atoms with van der Waals surface area (Å²) in [5.74, 6) is -2.43. The van der Waals surface area contributed by atoms with E-state index in [0.717, 1.165) is 5.56 Å². The Morgan fingerprint density at radius 3 is 2.14 bits per heavy atom. The largest absolute Gasteiger partial charge is 0.489 e. The number of hydrogen-bond acceptors (Lipinski definition) is 7. The van der Waals surface area contributed by atoms with Crippen LogP contribution in [0.1, 0.15) is 37.8 Å². The summed E-state index contributed by atoms with van der Waals surface area (Å²) in [5, 5.41) is 30.6. The number of ether oxygens (including phenoxy) is 1. The van der Waals surface area contributed by atoms with E-state index in [0.29, 0.717) is 11.3 Å². The molecule has 0 bridgehead atoms. The number of aliphatic hydroxyl groups excluding tert-OH is 1. The Balaban J connectivity index is 2.07. The van der Waals surface area contributed by atoms with Gasteiger partial charge in [-0.25, -0.2) is 0 Å². The molecule has 0 aliphatic heterocycles. The highest BCUT2D eigenvalue weighted by Gasteiger charge is 2.35. The van der Waals surface area contributed by atoms with Crippen molar-refractivity contribution >= 4 is 17.7 Å². The standard InChI is InChI=1S/C26H33N5O5/c1-3-23(33)29-26(30-24(34)4-2,31-25(35)14-19-10-6-5-7-11-19)18-28-16-21(32)17-36-22-13-9-8-12-20(22)15-27/h5-13,21,28,32H,3-4,14,16-18H2,1-2H3,(H,29,33)(H,30,34)(H,31,35). The molecule has 2 aromatic carbocycles. The minimum Gasteiger partial charge on any atom is -0.489 e. The molecule has 36 heavy (non-hydrogen) atoms. The number of benzene rings is 2. The second kappa shape index (κ2) is 14.5. The molecule has 1 unspecified atom stereocenters. The lowest BCUT2D eigenvalue weighted by atomic mass is 10.1. The fourth-order valence-corrected chi connectivity index (χ4v) is 3.30. The number of nitrogens with zero attached hydrogens (tertiary/aromatic N) is 1. The molecule has 0 aromatic heterocycles. The Bertz CT molecular complexity index is 1040. The molecule has 10 heteroatoms. The average molecular weight is 496 g/mol. The number of aliphatic hydroxyl groups is 1. The maximum Gasteiger partial charge on any atom is 0.227 e. The van der Waals surface area contributed by atoms with Crippen LogP contribution in [-0.2, 0) is 20.8 Å². The summed E-state index contributed by atoms with van der Waals surface area (Å²) < 4.78 is 5.55. The maximum absolute atomic E-state index is 12.8. The molecule has 0 saturated heterocycles. The van der Waals surface area contributed by atoms with Gasteiger partial charge in [0.05, 0.1) is 18.5 Å². The van der Waals surface area contributed by atoms with Gasteiger partial charge in [0, 0.05) is 19.4 Å². The first-order chi connectivity index (χ1) is 17.3. The maximum atomic E-state index is 12.8. The molecule has 0 aliphatic carbocycles. The molecular weight excluding hydrogens is 462 g/mol. The molecule has 5 N–H and O–H groups in total. The molecule has 1 atom stereocenters. The Morgan fingerprint density at radius 1 is 0.944 bits per heavy atom. The lowest BCUT2D eigenvalue weighted by Crippen LogP contribution is -2.74. The molecule has 2 rings (SSSR count). The Hall–Kier alpha value is -3.94. The highest BCUT2D eigenvalue weighted by molar-refractivity contribution is 5.84. The van der Waals surface area contributed by atoms with Crippen LogP contribution in [0.25, 0.3) is 0 Å². The van der Waals surface area contributed by atoms with Crippen LogP contribution in [0.5, 0.6) is 5.75 Å². The van der Waals surface area contributed by atoms with Gasteiger partial charge in [-0.05, 0) is 17.7 Å². The first-order valence-electron chi connectivity index (χ1n) is 11.8. The fourth-order valence-electron chi connectivity index (χ4n) is 3.30.